The molecule has 0 aromatic heterocycles. The summed E-state index contributed by atoms with van der Waals surface area (Å²) < 4.78 is 0. The van der Waals surface area contributed by atoms with Crippen molar-refractivity contribution in [1.29, 1.82) is 0 Å². The summed E-state index contributed by atoms with van der Waals surface area (Å²) in [4.78, 5) is 11.3. The van der Waals surface area contributed by atoms with Gasteiger partial charge in [-0.3, -0.25) is 0 Å². The van der Waals surface area contributed by atoms with Crippen LogP contribution in [0.1, 0.15) is 49.4 Å². The molecule has 0 heterocycles. The second-order valence-electron chi connectivity index (χ2n) is 6.21. The molecule has 1 rings (SSSR count). The molecule has 0 aliphatic rings. The van der Waals surface area contributed by atoms with E-state index in [4.69, 9.17) is 7.85 Å². The van der Waals surface area contributed by atoms with Gasteiger partial charge in [0.25, 0.3) is 0 Å². The van der Waals surface area contributed by atoms with Crippen LogP contribution in [-0.4, -0.2) is 13.5 Å². The predicted molar refractivity (Wildman–Crippen MR) is 82.8 cm³/mol. The Morgan fingerprint density at radius 1 is 1.26 bits per heavy atom. The Hall–Kier alpha value is -1.31. The van der Waals surface area contributed by atoms with Gasteiger partial charge in [-0.05, 0) is 54.9 Å². The molecule has 2 radical (unpaired) electrons. The average Bonchev–Trinajstić information content (AvgIpc) is 2.20. The molecule has 0 saturated heterocycles. The van der Waals surface area contributed by atoms with Crippen LogP contribution in [0.3, 0.4) is 0 Å². The van der Waals surface area contributed by atoms with E-state index in [2.05, 4.69) is 46.4 Å². The second-order valence-corrected chi connectivity index (χ2v) is 6.21. The molecule has 0 bridgehead atoms. The summed E-state index contributed by atoms with van der Waals surface area (Å²) in [6.07, 6.45) is 1.21. The molecule has 0 spiro atoms. The number of hydrogen-bond acceptors (Lipinski definition) is 1. The van der Waals surface area contributed by atoms with Crippen molar-refractivity contribution in [3.05, 3.63) is 46.5 Å². The first-order chi connectivity index (χ1) is 8.65. The van der Waals surface area contributed by atoms with E-state index in [-0.39, 0.29) is 11.1 Å². The minimum Gasteiger partial charge on any atom is -0.313 e. The van der Waals surface area contributed by atoms with Gasteiger partial charge in [0, 0.05) is 6.42 Å². The SMILES string of the molecule is [B]C(=O)CC(C)(C)c1c(C)ccc(C)c1CC(=C)C. The van der Waals surface area contributed by atoms with Crippen LogP contribution in [0.4, 0.5) is 0 Å². The predicted octanol–water partition coefficient (Wildman–Crippen LogP) is 3.78. The maximum atomic E-state index is 11.3. The Morgan fingerprint density at radius 2 is 1.79 bits per heavy atom. The zero-order chi connectivity index (χ0) is 14.8. The van der Waals surface area contributed by atoms with Crippen LogP contribution in [0.2, 0.25) is 0 Å². The van der Waals surface area contributed by atoms with Crippen LogP contribution in [-0.2, 0) is 16.6 Å². The minimum absolute atomic E-state index is 0.243. The highest BCUT2D eigenvalue weighted by atomic mass is 16.1. The zero-order valence-electron chi connectivity index (χ0n) is 12.8. The first-order valence-corrected chi connectivity index (χ1v) is 6.67. The van der Waals surface area contributed by atoms with Crippen molar-refractivity contribution in [2.24, 2.45) is 0 Å². The summed E-state index contributed by atoms with van der Waals surface area (Å²) in [7, 11) is 5.40. The molecule has 0 aliphatic carbocycles. The molecule has 0 fully saturated rings. The third kappa shape index (κ3) is 3.83. The molecule has 0 atom stereocenters. The molecular formula is C17H23BO. The Balaban J connectivity index is 3.43. The molecule has 0 unspecified atom stereocenters. The molecule has 0 amide bonds. The highest BCUT2D eigenvalue weighted by molar-refractivity contribution is 6.57. The number of hydrogen-bond donors (Lipinski definition) is 0. The highest BCUT2D eigenvalue weighted by Crippen LogP contribution is 2.35. The zero-order valence-corrected chi connectivity index (χ0v) is 12.8. The quantitative estimate of drug-likeness (QED) is 0.577. The van der Waals surface area contributed by atoms with Crippen LogP contribution in [0.5, 0.6) is 0 Å². The van der Waals surface area contributed by atoms with Gasteiger partial charge in [0.1, 0.15) is 0 Å². The fourth-order valence-corrected chi connectivity index (χ4v) is 2.86. The number of carbonyl (C=O) groups is 1. The minimum atomic E-state index is -0.257. The van der Waals surface area contributed by atoms with E-state index in [0.717, 1.165) is 12.0 Å². The lowest BCUT2D eigenvalue weighted by Gasteiger charge is -2.30. The van der Waals surface area contributed by atoms with Gasteiger partial charge in [-0.15, -0.1) is 0 Å². The molecule has 1 aromatic carbocycles. The standard InChI is InChI=1S/C17H23BO/c1-11(2)9-14-12(3)7-8-13(4)16(14)17(5,6)10-15(18)19/h7-8H,1,9-10H2,2-6H3. The van der Waals surface area contributed by atoms with Crippen LogP contribution >= 0.6 is 0 Å². The maximum Gasteiger partial charge on any atom is 0.167 e. The van der Waals surface area contributed by atoms with Crippen LogP contribution in [0.15, 0.2) is 24.3 Å². The summed E-state index contributed by atoms with van der Waals surface area (Å²) in [5.74, 6) is 0. The van der Waals surface area contributed by atoms with Gasteiger partial charge < -0.3 is 4.79 Å². The third-order valence-electron chi connectivity index (χ3n) is 3.53. The summed E-state index contributed by atoms with van der Waals surface area (Å²) in [5.41, 5.74) is 5.63. The van der Waals surface area contributed by atoms with E-state index in [1.807, 2.05) is 6.92 Å². The molecule has 2 heteroatoms. The van der Waals surface area contributed by atoms with Gasteiger partial charge in [-0.25, -0.2) is 0 Å². The Kier molecular flexibility index (Phi) is 4.78. The van der Waals surface area contributed by atoms with Gasteiger partial charge in [0.05, 0.1) is 5.68 Å². The van der Waals surface area contributed by atoms with E-state index in [9.17, 15) is 4.79 Å². The van der Waals surface area contributed by atoms with E-state index in [1.165, 1.54) is 22.3 Å². The topological polar surface area (TPSA) is 17.1 Å². The second kappa shape index (κ2) is 5.77. The van der Waals surface area contributed by atoms with Crippen LogP contribution in [0.25, 0.3) is 0 Å². The molecular weight excluding hydrogens is 231 g/mol. The van der Waals surface area contributed by atoms with E-state index < -0.39 is 0 Å². The van der Waals surface area contributed by atoms with Crippen molar-refractivity contribution in [2.75, 3.05) is 0 Å². The maximum absolute atomic E-state index is 11.3. The number of carbonyl (C=O) groups excluding carboxylic acids is 1. The lowest BCUT2D eigenvalue weighted by molar-refractivity contribution is -0.112. The fourth-order valence-electron chi connectivity index (χ4n) is 2.86. The molecule has 1 aromatic rings. The van der Waals surface area contributed by atoms with Gasteiger partial charge in [0.2, 0.25) is 0 Å². The van der Waals surface area contributed by atoms with Gasteiger partial charge >= 0.3 is 0 Å². The molecule has 19 heavy (non-hydrogen) atoms. The van der Waals surface area contributed by atoms with Crippen molar-refractivity contribution in [3.63, 3.8) is 0 Å². The van der Waals surface area contributed by atoms with E-state index in [0.29, 0.717) is 6.42 Å². The summed E-state index contributed by atoms with van der Waals surface area (Å²) >= 11 is 0. The number of rotatable bonds is 5. The summed E-state index contributed by atoms with van der Waals surface area (Å²) in [6, 6.07) is 4.26. The first-order valence-electron chi connectivity index (χ1n) is 6.67. The van der Waals surface area contributed by atoms with Gasteiger partial charge in [0.15, 0.2) is 7.85 Å². The van der Waals surface area contributed by atoms with Gasteiger partial charge in [-0.1, -0.05) is 38.1 Å². The molecule has 1 nitrogen and oxygen atoms in total. The van der Waals surface area contributed by atoms with Crippen molar-refractivity contribution < 1.29 is 4.79 Å². The van der Waals surface area contributed by atoms with Gasteiger partial charge in [-0.2, -0.15) is 0 Å². The molecule has 0 saturated carbocycles. The molecule has 0 N–H and O–H groups in total. The number of allylic oxidation sites excluding steroid dienone is 1. The lowest BCUT2D eigenvalue weighted by atomic mass is 9.71. The van der Waals surface area contributed by atoms with Crippen molar-refractivity contribution >= 4 is 13.5 Å². The smallest absolute Gasteiger partial charge is 0.167 e. The molecule has 0 aliphatic heterocycles. The number of benzene rings is 1. The van der Waals surface area contributed by atoms with Crippen molar-refractivity contribution in [2.45, 2.75) is 52.9 Å². The highest BCUT2D eigenvalue weighted by Gasteiger charge is 2.27. The number of aryl methyl sites for hydroxylation is 2. The Labute approximate surface area is 118 Å². The summed E-state index contributed by atoms with van der Waals surface area (Å²) in [5, 5.41) is 0. The molecule has 100 valence electrons. The first kappa shape index (κ1) is 15.8. The monoisotopic (exact) mass is 254 g/mol. The van der Waals surface area contributed by atoms with E-state index in [1.54, 1.807) is 0 Å². The lowest BCUT2D eigenvalue weighted by Crippen LogP contribution is -2.25. The fraction of sp³-hybridized carbons (Fsp3) is 0.471. The largest absolute Gasteiger partial charge is 0.313 e. The Bertz CT molecular complexity index is 512. The van der Waals surface area contributed by atoms with Crippen LogP contribution in [0, 0.1) is 13.8 Å². The normalized spacial score (nSPS) is 11.4. The average molecular weight is 254 g/mol. The van der Waals surface area contributed by atoms with Crippen molar-refractivity contribution in [3.8, 4) is 0 Å². The third-order valence-corrected chi connectivity index (χ3v) is 3.53. The summed E-state index contributed by atoms with van der Waals surface area (Å²) in [6.45, 7) is 14.4. The van der Waals surface area contributed by atoms with E-state index >= 15 is 0 Å². The Morgan fingerprint density at radius 3 is 2.26 bits per heavy atom. The van der Waals surface area contributed by atoms with Crippen LogP contribution < -0.4 is 0 Å². The van der Waals surface area contributed by atoms with Crippen molar-refractivity contribution in [1.82, 2.24) is 0 Å².